The van der Waals surface area contributed by atoms with E-state index in [2.05, 4.69) is 10.2 Å². The third-order valence-corrected chi connectivity index (χ3v) is 2.67. The maximum atomic E-state index is 5.58. The highest BCUT2D eigenvalue weighted by molar-refractivity contribution is 6.17. The molecule has 1 aromatic rings. The quantitative estimate of drug-likeness (QED) is 0.723. The molecule has 1 aliphatic rings. The van der Waals surface area contributed by atoms with Crippen molar-refractivity contribution in [3.05, 3.63) is 11.8 Å². The van der Waals surface area contributed by atoms with Crippen LogP contribution in [-0.4, -0.2) is 28.8 Å². The van der Waals surface area contributed by atoms with Gasteiger partial charge in [-0.05, 0) is 13.3 Å². The lowest BCUT2D eigenvalue weighted by Crippen LogP contribution is -2.09. The fourth-order valence-corrected chi connectivity index (χ4v) is 1.82. The average Bonchev–Trinajstić information content (AvgIpc) is 2.74. The number of alkyl halides is 1. The van der Waals surface area contributed by atoms with Crippen molar-refractivity contribution in [2.45, 2.75) is 31.8 Å². The zero-order chi connectivity index (χ0) is 9.97. The highest BCUT2D eigenvalue weighted by Crippen LogP contribution is 2.29. The van der Waals surface area contributed by atoms with E-state index >= 15 is 0 Å². The van der Waals surface area contributed by atoms with Gasteiger partial charge in [0.05, 0.1) is 12.0 Å². The first-order valence-corrected chi connectivity index (χ1v) is 5.34. The van der Waals surface area contributed by atoms with Crippen LogP contribution < -0.4 is 0 Å². The van der Waals surface area contributed by atoms with Gasteiger partial charge in [0.25, 0.3) is 0 Å². The van der Waals surface area contributed by atoms with Crippen LogP contribution in [0.5, 0.6) is 0 Å². The first kappa shape index (κ1) is 9.93. The molecule has 78 valence electrons. The molecule has 2 heterocycles. The second-order valence-electron chi connectivity index (χ2n) is 3.44. The average molecular weight is 217 g/mol. The van der Waals surface area contributed by atoms with Crippen LogP contribution in [0.15, 0.2) is 4.42 Å². The van der Waals surface area contributed by atoms with Crippen molar-refractivity contribution >= 4 is 11.6 Å². The molecule has 0 bridgehead atoms. The zero-order valence-corrected chi connectivity index (χ0v) is 8.83. The van der Waals surface area contributed by atoms with E-state index < -0.39 is 0 Å². The fourth-order valence-electron chi connectivity index (χ4n) is 1.65. The van der Waals surface area contributed by atoms with Crippen molar-refractivity contribution in [1.82, 2.24) is 10.2 Å². The topological polar surface area (TPSA) is 48.2 Å². The maximum absolute atomic E-state index is 5.58. The molecule has 0 amide bonds. The van der Waals surface area contributed by atoms with Crippen molar-refractivity contribution in [2.24, 2.45) is 0 Å². The molecule has 5 heteroatoms. The molecule has 1 aliphatic heterocycles. The molecule has 2 unspecified atom stereocenters. The molecule has 1 saturated heterocycles. The number of rotatable bonds is 3. The summed E-state index contributed by atoms with van der Waals surface area (Å²) in [6, 6.07) is 0. The van der Waals surface area contributed by atoms with E-state index in [-0.39, 0.29) is 12.0 Å². The van der Waals surface area contributed by atoms with Crippen LogP contribution in [0.1, 0.15) is 31.0 Å². The molecule has 0 saturated carbocycles. The standard InChI is InChI=1S/C9H13ClN2O2/c1-6-7(3-5-13-6)9-12-11-8(14-9)2-4-10/h6-7H,2-5H2,1H3. The second kappa shape index (κ2) is 4.28. The molecule has 0 aliphatic carbocycles. The summed E-state index contributed by atoms with van der Waals surface area (Å²) in [7, 11) is 0. The van der Waals surface area contributed by atoms with Gasteiger partial charge in [-0.15, -0.1) is 21.8 Å². The van der Waals surface area contributed by atoms with Gasteiger partial charge in [-0.25, -0.2) is 0 Å². The van der Waals surface area contributed by atoms with Crippen molar-refractivity contribution in [1.29, 1.82) is 0 Å². The van der Waals surface area contributed by atoms with E-state index in [1.54, 1.807) is 0 Å². The highest BCUT2D eigenvalue weighted by atomic mass is 35.5. The van der Waals surface area contributed by atoms with Gasteiger partial charge in [0.1, 0.15) is 0 Å². The number of hydrogen-bond donors (Lipinski definition) is 0. The van der Waals surface area contributed by atoms with Gasteiger partial charge in [0, 0.05) is 18.9 Å². The number of aryl methyl sites for hydroxylation is 1. The molecule has 2 rings (SSSR count). The summed E-state index contributed by atoms with van der Waals surface area (Å²) >= 11 is 5.58. The fraction of sp³-hybridized carbons (Fsp3) is 0.778. The summed E-state index contributed by atoms with van der Waals surface area (Å²) in [6.07, 6.45) is 1.78. The van der Waals surface area contributed by atoms with Crippen LogP contribution >= 0.6 is 11.6 Å². The van der Waals surface area contributed by atoms with Gasteiger partial charge in [-0.2, -0.15) is 0 Å². The Labute approximate surface area is 87.6 Å². The SMILES string of the molecule is CC1OCCC1c1nnc(CCCl)o1. The molecule has 1 aromatic heterocycles. The molecule has 0 aromatic carbocycles. The van der Waals surface area contributed by atoms with Crippen LogP contribution in [0, 0.1) is 0 Å². The third kappa shape index (κ3) is 1.91. The van der Waals surface area contributed by atoms with E-state index in [1.807, 2.05) is 6.92 Å². The third-order valence-electron chi connectivity index (χ3n) is 2.48. The van der Waals surface area contributed by atoms with E-state index in [1.165, 1.54) is 0 Å². The Morgan fingerprint density at radius 3 is 3.00 bits per heavy atom. The van der Waals surface area contributed by atoms with Gasteiger partial charge < -0.3 is 9.15 Å². The molecule has 1 fully saturated rings. The van der Waals surface area contributed by atoms with Crippen molar-refractivity contribution in [3.63, 3.8) is 0 Å². The van der Waals surface area contributed by atoms with E-state index in [0.717, 1.165) is 13.0 Å². The number of hydrogen-bond acceptors (Lipinski definition) is 4. The van der Waals surface area contributed by atoms with Gasteiger partial charge in [-0.1, -0.05) is 0 Å². The predicted octanol–water partition coefficient (Wildman–Crippen LogP) is 1.74. The molecule has 0 N–H and O–H groups in total. The number of nitrogens with zero attached hydrogens (tertiary/aromatic N) is 2. The van der Waals surface area contributed by atoms with Crippen LogP contribution in [0.3, 0.4) is 0 Å². The van der Waals surface area contributed by atoms with E-state index in [0.29, 0.717) is 24.1 Å². The molecule has 14 heavy (non-hydrogen) atoms. The Morgan fingerprint density at radius 1 is 1.50 bits per heavy atom. The van der Waals surface area contributed by atoms with Crippen LogP contribution in [-0.2, 0) is 11.2 Å². The first-order valence-electron chi connectivity index (χ1n) is 4.81. The molecule has 2 atom stereocenters. The Kier molecular flexibility index (Phi) is 3.03. The smallest absolute Gasteiger partial charge is 0.222 e. The van der Waals surface area contributed by atoms with Crippen LogP contribution in [0.4, 0.5) is 0 Å². The van der Waals surface area contributed by atoms with Crippen molar-refractivity contribution in [2.75, 3.05) is 12.5 Å². The summed E-state index contributed by atoms with van der Waals surface area (Å²) in [5, 5.41) is 7.94. The Morgan fingerprint density at radius 2 is 2.36 bits per heavy atom. The number of halogens is 1. The minimum absolute atomic E-state index is 0.180. The summed E-state index contributed by atoms with van der Waals surface area (Å²) in [6.45, 7) is 2.81. The van der Waals surface area contributed by atoms with Gasteiger partial charge in [0.15, 0.2) is 0 Å². The monoisotopic (exact) mass is 216 g/mol. The largest absolute Gasteiger partial charge is 0.425 e. The molecule has 0 radical (unpaired) electrons. The van der Waals surface area contributed by atoms with E-state index in [9.17, 15) is 0 Å². The molecular weight excluding hydrogens is 204 g/mol. The Hall–Kier alpha value is -0.610. The highest BCUT2D eigenvalue weighted by Gasteiger charge is 2.30. The lowest BCUT2D eigenvalue weighted by atomic mass is 10.0. The second-order valence-corrected chi connectivity index (χ2v) is 3.82. The Balaban J connectivity index is 2.08. The lowest BCUT2D eigenvalue weighted by Gasteiger charge is -2.07. The maximum Gasteiger partial charge on any atom is 0.222 e. The van der Waals surface area contributed by atoms with Gasteiger partial charge >= 0.3 is 0 Å². The molecule has 0 spiro atoms. The van der Waals surface area contributed by atoms with Crippen LogP contribution in [0.25, 0.3) is 0 Å². The first-order chi connectivity index (χ1) is 6.81. The molecular formula is C9H13ClN2O2. The van der Waals surface area contributed by atoms with Gasteiger partial charge in [0.2, 0.25) is 11.8 Å². The van der Waals surface area contributed by atoms with Crippen molar-refractivity contribution < 1.29 is 9.15 Å². The lowest BCUT2D eigenvalue weighted by molar-refractivity contribution is 0.114. The normalized spacial score (nSPS) is 27.0. The minimum atomic E-state index is 0.180. The minimum Gasteiger partial charge on any atom is -0.425 e. The number of ether oxygens (including phenoxy) is 1. The van der Waals surface area contributed by atoms with E-state index in [4.69, 9.17) is 20.8 Å². The van der Waals surface area contributed by atoms with Crippen molar-refractivity contribution in [3.8, 4) is 0 Å². The Bertz CT molecular complexity index is 303. The number of aromatic nitrogens is 2. The summed E-state index contributed by atoms with van der Waals surface area (Å²) < 4.78 is 10.9. The summed E-state index contributed by atoms with van der Waals surface area (Å²) in [4.78, 5) is 0. The summed E-state index contributed by atoms with van der Waals surface area (Å²) in [5.41, 5.74) is 0. The zero-order valence-electron chi connectivity index (χ0n) is 8.07. The molecule has 4 nitrogen and oxygen atoms in total. The summed E-state index contributed by atoms with van der Waals surface area (Å²) in [5.74, 6) is 2.08. The van der Waals surface area contributed by atoms with Crippen LogP contribution in [0.2, 0.25) is 0 Å². The predicted molar refractivity (Wildman–Crippen MR) is 51.5 cm³/mol. The van der Waals surface area contributed by atoms with Gasteiger partial charge in [-0.3, -0.25) is 0 Å².